The van der Waals surface area contributed by atoms with Crippen LogP contribution in [0.1, 0.15) is 42.5 Å². The van der Waals surface area contributed by atoms with Gasteiger partial charge in [-0.2, -0.15) is 0 Å². The number of hydrogen-bond acceptors (Lipinski definition) is 5. The monoisotopic (exact) mass is 528 g/mol. The first-order valence-electron chi connectivity index (χ1n) is 13.6. The van der Waals surface area contributed by atoms with E-state index in [0.29, 0.717) is 26.2 Å². The van der Waals surface area contributed by atoms with Gasteiger partial charge in [0.05, 0.1) is 33.0 Å². The highest BCUT2D eigenvalue weighted by Gasteiger charge is 2.36. The molecule has 206 valence electrons. The van der Waals surface area contributed by atoms with Gasteiger partial charge in [-0.15, -0.1) is 0 Å². The molecule has 3 aromatic carbocycles. The fourth-order valence-electron chi connectivity index (χ4n) is 5.08. The predicted octanol–water partition coefficient (Wildman–Crippen LogP) is 5.96. The van der Waals surface area contributed by atoms with Crippen molar-refractivity contribution < 1.29 is 19.1 Å². The van der Waals surface area contributed by atoms with E-state index in [1.165, 1.54) is 17.7 Å². The zero-order chi connectivity index (χ0) is 27.5. The molecular formula is C33H40N2O4. The van der Waals surface area contributed by atoms with Crippen molar-refractivity contribution in [3.05, 3.63) is 119 Å². The zero-order valence-electron chi connectivity index (χ0n) is 23.2. The highest BCUT2D eigenvalue weighted by atomic mass is 16.7. The highest BCUT2D eigenvalue weighted by Crippen LogP contribution is 2.34. The maximum atomic E-state index is 12.7. The first-order valence-corrected chi connectivity index (χ1v) is 13.6. The number of ether oxygens (including phenoxy) is 2. The summed E-state index contributed by atoms with van der Waals surface area (Å²) in [5.74, 6) is -0.155. The van der Waals surface area contributed by atoms with Crippen molar-refractivity contribution in [3.8, 4) is 0 Å². The van der Waals surface area contributed by atoms with Crippen molar-refractivity contribution in [1.29, 1.82) is 0 Å². The van der Waals surface area contributed by atoms with Gasteiger partial charge < -0.3 is 9.47 Å². The summed E-state index contributed by atoms with van der Waals surface area (Å²) in [7, 11) is 3.13. The standard InChI is InChI=1S/C33H40N2O4/c1-26(30-17-11-6-12-18-30)35-20-19-29(22-33(36)34(2)37-3)21-31(35)32(39-24-28-15-9-5-10-16-28)25-38-23-27-13-7-4-8-14-27/h4-18,22,26,31-32H,19-21,23-25H2,1-3H3/b29-22+/t26-,31-,32+/m0/s1. The van der Waals surface area contributed by atoms with E-state index < -0.39 is 0 Å². The third-order valence-electron chi connectivity index (χ3n) is 7.41. The van der Waals surface area contributed by atoms with E-state index in [4.69, 9.17) is 14.3 Å². The van der Waals surface area contributed by atoms with E-state index in [1.807, 2.05) is 42.5 Å². The average Bonchev–Trinajstić information content (AvgIpc) is 2.99. The second kappa shape index (κ2) is 14.8. The summed E-state index contributed by atoms with van der Waals surface area (Å²) < 4.78 is 12.9. The highest BCUT2D eigenvalue weighted by molar-refractivity contribution is 5.87. The Balaban J connectivity index is 1.59. The lowest BCUT2D eigenvalue weighted by atomic mass is 9.89. The SMILES string of the molecule is CON(C)C(=O)/C=C1\CCN([C@@H](C)c2ccccc2)[C@H]([C@@H](COCc2ccccc2)OCc2ccccc2)C1. The molecule has 1 saturated heterocycles. The number of likely N-dealkylation sites (N-methyl/N-ethyl adjacent to an activating group) is 1. The molecule has 0 unspecified atom stereocenters. The molecule has 0 spiro atoms. The fraction of sp³-hybridized carbons (Fsp3) is 0.364. The van der Waals surface area contributed by atoms with E-state index in [-0.39, 0.29) is 24.1 Å². The maximum absolute atomic E-state index is 12.7. The Kier molecular flexibility index (Phi) is 10.9. The van der Waals surface area contributed by atoms with E-state index in [2.05, 4.69) is 60.4 Å². The lowest BCUT2D eigenvalue weighted by molar-refractivity contribution is -0.162. The third-order valence-corrected chi connectivity index (χ3v) is 7.41. The summed E-state index contributed by atoms with van der Waals surface area (Å²) in [6.07, 6.45) is 3.06. The minimum absolute atomic E-state index is 0.0281. The number of amides is 1. The molecule has 0 bridgehead atoms. The van der Waals surface area contributed by atoms with Crippen LogP contribution in [0.4, 0.5) is 0 Å². The first kappa shape index (κ1) is 28.7. The predicted molar refractivity (Wildman–Crippen MR) is 154 cm³/mol. The lowest BCUT2D eigenvalue weighted by Gasteiger charge is -2.44. The average molecular weight is 529 g/mol. The summed E-state index contributed by atoms with van der Waals surface area (Å²) in [4.78, 5) is 20.3. The largest absolute Gasteiger partial charge is 0.374 e. The molecule has 1 aliphatic rings. The van der Waals surface area contributed by atoms with Crippen LogP contribution < -0.4 is 0 Å². The minimum Gasteiger partial charge on any atom is -0.374 e. The van der Waals surface area contributed by atoms with Crippen molar-refractivity contribution in [2.75, 3.05) is 27.3 Å². The molecular weight excluding hydrogens is 488 g/mol. The van der Waals surface area contributed by atoms with Crippen LogP contribution in [-0.4, -0.2) is 55.3 Å². The van der Waals surface area contributed by atoms with Crippen LogP contribution in [-0.2, 0) is 32.3 Å². The van der Waals surface area contributed by atoms with Gasteiger partial charge in [0.15, 0.2) is 0 Å². The molecule has 0 N–H and O–H groups in total. The van der Waals surface area contributed by atoms with Gasteiger partial charge in [0.1, 0.15) is 0 Å². The number of carbonyl (C=O) groups is 1. The second-order valence-electron chi connectivity index (χ2n) is 10.0. The van der Waals surface area contributed by atoms with Crippen LogP contribution in [0.5, 0.6) is 0 Å². The number of benzene rings is 3. The molecule has 1 fully saturated rings. The molecule has 1 aliphatic heterocycles. The fourth-order valence-corrected chi connectivity index (χ4v) is 5.08. The van der Waals surface area contributed by atoms with Crippen molar-refractivity contribution in [2.45, 2.75) is 51.2 Å². The smallest absolute Gasteiger partial charge is 0.269 e. The number of piperidine rings is 1. The van der Waals surface area contributed by atoms with Gasteiger partial charge in [-0.05, 0) is 36.5 Å². The normalized spacial score (nSPS) is 18.5. The number of rotatable bonds is 12. The van der Waals surface area contributed by atoms with Crippen molar-refractivity contribution >= 4 is 5.91 Å². The Bertz CT molecular complexity index is 1170. The molecule has 1 heterocycles. The number of likely N-dealkylation sites (tertiary alicyclic amines) is 1. The van der Waals surface area contributed by atoms with Crippen LogP contribution >= 0.6 is 0 Å². The van der Waals surface area contributed by atoms with Crippen LogP contribution in [0.25, 0.3) is 0 Å². The van der Waals surface area contributed by atoms with Gasteiger partial charge in [0.25, 0.3) is 5.91 Å². The van der Waals surface area contributed by atoms with Crippen molar-refractivity contribution in [3.63, 3.8) is 0 Å². The van der Waals surface area contributed by atoms with Crippen molar-refractivity contribution in [2.24, 2.45) is 0 Å². The van der Waals surface area contributed by atoms with Crippen molar-refractivity contribution in [1.82, 2.24) is 9.96 Å². The first-order chi connectivity index (χ1) is 19.0. The molecule has 6 heteroatoms. The van der Waals surface area contributed by atoms with Crippen LogP contribution in [0.2, 0.25) is 0 Å². The zero-order valence-corrected chi connectivity index (χ0v) is 23.2. The quantitative estimate of drug-likeness (QED) is 0.214. The number of hydroxylamine groups is 2. The Hall–Kier alpha value is -3.29. The van der Waals surface area contributed by atoms with E-state index >= 15 is 0 Å². The third kappa shape index (κ3) is 8.35. The van der Waals surface area contributed by atoms with E-state index in [1.54, 1.807) is 13.1 Å². The van der Waals surface area contributed by atoms with E-state index in [9.17, 15) is 4.79 Å². The van der Waals surface area contributed by atoms with Gasteiger partial charge >= 0.3 is 0 Å². The Morgan fingerprint density at radius 2 is 1.54 bits per heavy atom. The van der Waals surface area contributed by atoms with Crippen LogP contribution in [0.15, 0.2) is 103 Å². The molecule has 3 atom stereocenters. The summed E-state index contributed by atoms with van der Waals surface area (Å²) in [5.41, 5.74) is 4.61. The Morgan fingerprint density at radius 1 is 0.949 bits per heavy atom. The van der Waals surface area contributed by atoms with Crippen LogP contribution in [0, 0.1) is 0 Å². The molecule has 0 saturated carbocycles. The topological polar surface area (TPSA) is 51.2 Å². The maximum Gasteiger partial charge on any atom is 0.269 e. The summed E-state index contributed by atoms with van der Waals surface area (Å²) in [6, 6.07) is 31.2. The molecule has 3 aromatic rings. The van der Waals surface area contributed by atoms with Gasteiger partial charge in [-0.25, -0.2) is 5.06 Å². The summed E-state index contributed by atoms with van der Waals surface area (Å²) in [6.45, 7) is 4.53. The Morgan fingerprint density at radius 3 is 2.15 bits per heavy atom. The van der Waals surface area contributed by atoms with Gasteiger partial charge in [-0.3, -0.25) is 14.5 Å². The number of carbonyl (C=O) groups excluding carboxylic acids is 1. The van der Waals surface area contributed by atoms with Gasteiger partial charge in [0, 0.05) is 31.8 Å². The van der Waals surface area contributed by atoms with Gasteiger partial charge in [0.2, 0.25) is 0 Å². The van der Waals surface area contributed by atoms with Gasteiger partial charge in [-0.1, -0.05) is 96.6 Å². The summed E-state index contributed by atoms with van der Waals surface area (Å²) >= 11 is 0. The molecule has 6 nitrogen and oxygen atoms in total. The Labute approximate surface area is 232 Å². The molecule has 0 aromatic heterocycles. The van der Waals surface area contributed by atoms with E-state index in [0.717, 1.165) is 29.7 Å². The molecule has 4 rings (SSSR count). The summed E-state index contributed by atoms with van der Waals surface area (Å²) in [5, 5.41) is 1.26. The molecule has 0 radical (unpaired) electrons. The molecule has 1 amide bonds. The minimum atomic E-state index is -0.195. The number of nitrogens with zero attached hydrogens (tertiary/aromatic N) is 2. The molecule has 39 heavy (non-hydrogen) atoms. The lowest BCUT2D eigenvalue weighted by Crippen LogP contribution is -2.51. The van der Waals surface area contributed by atoms with Crippen LogP contribution in [0.3, 0.4) is 0 Å². The second-order valence-corrected chi connectivity index (χ2v) is 10.0. The molecule has 0 aliphatic carbocycles. The number of hydrogen-bond donors (Lipinski definition) is 0.